The van der Waals surface area contributed by atoms with Crippen LogP contribution in [0, 0.1) is 11.3 Å². The van der Waals surface area contributed by atoms with Gasteiger partial charge in [0.05, 0.1) is 0 Å². The predicted octanol–water partition coefficient (Wildman–Crippen LogP) is 3.95. The number of ether oxygens (including phenoxy) is 1. The summed E-state index contributed by atoms with van der Waals surface area (Å²) in [6.07, 6.45) is 10.4. The zero-order chi connectivity index (χ0) is 15.8. The van der Waals surface area contributed by atoms with E-state index in [4.69, 9.17) is 9.73 Å². The fourth-order valence-corrected chi connectivity index (χ4v) is 3.79. The van der Waals surface area contributed by atoms with Crippen LogP contribution in [0.4, 0.5) is 0 Å². The van der Waals surface area contributed by atoms with Crippen LogP contribution in [0.2, 0.25) is 0 Å². The molecule has 0 aromatic heterocycles. The zero-order valence-corrected chi connectivity index (χ0v) is 17.5. The first-order valence-electron chi connectivity index (χ1n) is 9.27. The molecule has 0 aromatic carbocycles. The largest absolute Gasteiger partial charge is 0.385 e. The lowest BCUT2D eigenvalue weighted by molar-refractivity contribution is 0.141. The van der Waals surface area contributed by atoms with Crippen molar-refractivity contribution < 1.29 is 4.74 Å². The molecule has 2 saturated carbocycles. The van der Waals surface area contributed by atoms with Crippen molar-refractivity contribution in [3.05, 3.63) is 0 Å². The number of methoxy groups -OCH3 is 1. The van der Waals surface area contributed by atoms with Gasteiger partial charge in [-0.05, 0) is 50.4 Å². The number of nitrogens with zero attached hydrogens (tertiary/aromatic N) is 1. The van der Waals surface area contributed by atoms with E-state index in [2.05, 4.69) is 24.5 Å². The van der Waals surface area contributed by atoms with E-state index in [1.54, 1.807) is 7.11 Å². The third-order valence-corrected chi connectivity index (χ3v) is 5.32. The summed E-state index contributed by atoms with van der Waals surface area (Å²) in [4.78, 5) is 4.93. The van der Waals surface area contributed by atoms with Crippen molar-refractivity contribution in [2.75, 3.05) is 26.8 Å². The number of halogens is 1. The van der Waals surface area contributed by atoms with Crippen molar-refractivity contribution in [2.24, 2.45) is 16.3 Å². The van der Waals surface area contributed by atoms with Gasteiger partial charge in [-0.15, -0.1) is 24.0 Å². The van der Waals surface area contributed by atoms with Crippen molar-refractivity contribution in [1.29, 1.82) is 0 Å². The lowest BCUT2D eigenvalue weighted by Gasteiger charge is -2.27. The summed E-state index contributed by atoms with van der Waals surface area (Å²) < 4.78 is 5.32. The second kappa shape index (κ2) is 10.7. The molecule has 2 unspecified atom stereocenters. The van der Waals surface area contributed by atoms with Gasteiger partial charge >= 0.3 is 0 Å². The van der Waals surface area contributed by atoms with Gasteiger partial charge < -0.3 is 15.4 Å². The van der Waals surface area contributed by atoms with Crippen LogP contribution >= 0.6 is 24.0 Å². The van der Waals surface area contributed by atoms with Crippen LogP contribution in [0.15, 0.2) is 4.99 Å². The van der Waals surface area contributed by atoms with Crippen LogP contribution in [0.5, 0.6) is 0 Å². The standard InChI is InChI=1S/C18H35N3O.HI/c1-4-8-15-13-16(15)21-17(19-5-2)20-14-18(11-12-22-3)9-6-7-10-18;/h15-16H,4-14H2,1-3H3,(H2,19,20,21);1H. The van der Waals surface area contributed by atoms with Crippen LogP contribution in [0.1, 0.15) is 65.2 Å². The summed E-state index contributed by atoms with van der Waals surface area (Å²) in [7, 11) is 1.80. The van der Waals surface area contributed by atoms with Crippen LogP contribution in [0.25, 0.3) is 0 Å². The average molecular weight is 437 g/mol. The maximum Gasteiger partial charge on any atom is 0.191 e. The number of guanidine groups is 1. The zero-order valence-electron chi connectivity index (χ0n) is 15.2. The van der Waals surface area contributed by atoms with Crippen LogP contribution < -0.4 is 10.6 Å². The Morgan fingerprint density at radius 2 is 2.00 bits per heavy atom. The molecule has 5 heteroatoms. The lowest BCUT2D eigenvalue weighted by Crippen LogP contribution is -2.40. The maximum absolute atomic E-state index is 5.32. The van der Waals surface area contributed by atoms with Crippen molar-refractivity contribution in [2.45, 2.75) is 71.3 Å². The van der Waals surface area contributed by atoms with Crippen LogP contribution in [-0.2, 0) is 4.74 Å². The minimum absolute atomic E-state index is 0. The topological polar surface area (TPSA) is 45.7 Å². The van der Waals surface area contributed by atoms with Gasteiger partial charge in [0.2, 0.25) is 0 Å². The van der Waals surface area contributed by atoms with Gasteiger partial charge in [-0.2, -0.15) is 0 Å². The van der Waals surface area contributed by atoms with Crippen molar-refractivity contribution >= 4 is 29.9 Å². The molecule has 2 rings (SSSR count). The number of nitrogens with one attached hydrogen (secondary N) is 2. The van der Waals surface area contributed by atoms with Crippen molar-refractivity contribution in [1.82, 2.24) is 10.6 Å². The number of hydrogen-bond acceptors (Lipinski definition) is 2. The second-order valence-electron chi connectivity index (χ2n) is 7.18. The van der Waals surface area contributed by atoms with Gasteiger partial charge in [0.1, 0.15) is 0 Å². The molecule has 0 heterocycles. The van der Waals surface area contributed by atoms with E-state index in [1.807, 2.05) is 0 Å². The van der Waals surface area contributed by atoms with Crippen molar-refractivity contribution in [3.63, 3.8) is 0 Å². The Balaban J connectivity index is 0.00000264. The molecule has 23 heavy (non-hydrogen) atoms. The average Bonchev–Trinajstić information content (AvgIpc) is 3.07. The third kappa shape index (κ3) is 6.77. The Bertz CT molecular complexity index is 356. The minimum atomic E-state index is 0. The van der Waals surface area contributed by atoms with Gasteiger partial charge in [-0.1, -0.05) is 26.2 Å². The fourth-order valence-electron chi connectivity index (χ4n) is 3.79. The normalized spacial score (nSPS) is 25.8. The monoisotopic (exact) mass is 437 g/mol. The number of aliphatic imine (C=N–C) groups is 1. The fraction of sp³-hybridized carbons (Fsp3) is 0.944. The van der Waals surface area contributed by atoms with Gasteiger partial charge in [0, 0.05) is 32.8 Å². The first kappa shape index (κ1) is 21.0. The number of rotatable bonds is 9. The molecule has 2 aliphatic carbocycles. The third-order valence-electron chi connectivity index (χ3n) is 5.32. The molecule has 0 radical (unpaired) electrons. The van der Waals surface area contributed by atoms with E-state index in [0.29, 0.717) is 11.5 Å². The predicted molar refractivity (Wildman–Crippen MR) is 109 cm³/mol. The summed E-state index contributed by atoms with van der Waals surface area (Å²) >= 11 is 0. The first-order valence-corrected chi connectivity index (χ1v) is 9.27. The molecule has 0 amide bonds. The van der Waals surface area contributed by atoms with E-state index in [0.717, 1.165) is 38.0 Å². The Morgan fingerprint density at radius 3 is 2.61 bits per heavy atom. The second-order valence-corrected chi connectivity index (χ2v) is 7.18. The highest BCUT2D eigenvalue weighted by Gasteiger charge is 2.37. The molecule has 0 aromatic rings. The number of hydrogen-bond donors (Lipinski definition) is 2. The Morgan fingerprint density at radius 1 is 1.26 bits per heavy atom. The molecule has 2 aliphatic rings. The first-order chi connectivity index (χ1) is 10.7. The molecule has 2 atom stereocenters. The Hall–Kier alpha value is -0.0400. The van der Waals surface area contributed by atoms with Crippen LogP contribution in [-0.4, -0.2) is 38.8 Å². The highest BCUT2D eigenvalue weighted by molar-refractivity contribution is 14.0. The van der Waals surface area contributed by atoms with Crippen LogP contribution in [0.3, 0.4) is 0 Å². The molecule has 136 valence electrons. The smallest absolute Gasteiger partial charge is 0.191 e. The summed E-state index contributed by atoms with van der Waals surface area (Å²) in [6, 6.07) is 0.649. The molecule has 0 spiro atoms. The molecule has 0 saturated heterocycles. The van der Waals surface area contributed by atoms with Crippen molar-refractivity contribution in [3.8, 4) is 0 Å². The van der Waals surface area contributed by atoms with Gasteiger partial charge in [0.15, 0.2) is 5.96 Å². The van der Waals surface area contributed by atoms with E-state index >= 15 is 0 Å². The molecule has 0 aliphatic heterocycles. The van der Waals surface area contributed by atoms with E-state index in [1.165, 1.54) is 44.9 Å². The van der Waals surface area contributed by atoms with E-state index in [-0.39, 0.29) is 24.0 Å². The summed E-state index contributed by atoms with van der Waals surface area (Å²) in [5, 5.41) is 7.05. The van der Waals surface area contributed by atoms with Gasteiger partial charge in [-0.25, -0.2) is 0 Å². The van der Waals surface area contributed by atoms with Gasteiger partial charge in [-0.3, -0.25) is 4.99 Å². The lowest BCUT2D eigenvalue weighted by atomic mass is 9.83. The Labute approximate surface area is 159 Å². The summed E-state index contributed by atoms with van der Waals surface area (Å²) in [6.45, 7) is 7.15. The highest BCUT2D eigenvalue weighted by Crippen LogP contribution is 2.41. The summed E-state index contributed by atoms with van der Waals surface area (Å²) in [5.41, 5.74) is 0.380. The molecule has 4 nitrogen and oxygen atoms in total. The molecule has 0 bridgehead atoms. The SMILES string of the molecule is CCCC1CC1NC(=NCC1(CCOC)CCCC1)NCC.I. The molecular weight excluding hydrogens is 401 g/mol. The molecular formula is C18H36IN3O. The van der Waals surface area contributed by atoms with E-state index in [9.17, 15) is 0 Å². The highest BCUT2D eigenvalue weighted by atomic mass is 127. The van der Waals surface area contributed by atoms with E-state index < -0.39 is 0 Å². The molecule has 2 N–H and O–H groups in total. The van der Waals surface area contributed by atoms with Gasteiger partial charge in [0.25, 0.3) is 0 Å². The molecule has 2 fully saturated rings. The minimum Gasteiger partial charge on any atom is -0.385 e. The Kier molecular flexibility index (Phi) is 9.82. The quantitative estimate of drug-likeness (QED) is 0.326. The summed E-state index contributed by atoms with van der Waals surface area (Å²) in [5.74, 6) is 1.89. The maximum atomic E-state index is 5.32.